The van der Waals surface area contributed by atoms with E-state index >= 15 is 0 Å². The van der Waals surface area contributed by atoms with Crippen molar-refractivity contribution in [3.05, 3.63) is 24.3 Å². The van der Waals surface area contributed by atoms with Crippen molar-refractivity contribution in [2.75, 3.05) is 26.0 Å². The van der Waals surface area contributed by atoms with Crippen molar-refractivity contribution in [2.45, 2.75) is 75.3 Å². The van der Waals surface area contributed by atoms with E-state index < -0.39 is 49.5 Å². The second-order valence-corrected chi connectivity index (χ2v) is 14.0. The van der Waals surface area contributed by atoms with Crippen molar-refractivity contribution in [1.82, 2.24) is 15.4 Å². The van der Waals surface area contributed by atoms with Crippen LogP contribution in [0.25, 0.3) is 0 Å². The molecule has 15 heteroatoms. The fourth-order valence-corrected chi connectivity index (χ4v) is 7.09. The Balaban J connectivity index is 1.66. The smallest absolute Gasteiger partial charge is 0.238 e. The first kappa shape index (κ1) is 33.0. The number of carbonyl (C=O) groups excluding carboxylic acids is 2. The maximum absolute atomic E-state index is 13.4. The number of methoxy groups -OCH3 is 1. The van der Waals surface area contributed by atoms with Crippen LogP contribution in [0.3, 0.4) is 0 Å². The number of hydrogen-bond donors (Lipinski definition) is 4. The molecule has 232 valence electrons. The SMILES string of the molecule is COc1ccc(OCCCS(=O)(=O)N[C@@H](CC2CCCCC2)C(=O)N[C@@H](C[C@@H]2CCNC2=O)C(O)S(=O)(=O)[O-])cc1. The molecule has 4 atom stereocenters. The van der Waals surface area contributed by atoms with Crippen molar-refractivity contribution < 1.29 is 45.6 Å². The van der Waals surface area contributed by atoms with Crippen LogP contribution in [0.1, 0.15) is 57.8 Å². The molecule has 0 spiro atoms. The van der Waals surface area contributed by atoms with Gasteiger partial charge >= 0.3 is 0 Å². The van der Waals surface area contributed by atoms with Crippen LogP contribution < -0.4 is 24.8 Å². The van der Waals surface area contributed by atoms with Gasteiger partial charge in [-0.1, -0.05) is 32.1 Å². The van der Waals surface area contributed by atoms with Crippen LogP contribution in [0.2, 0.25) is 0 Å². The lowest BCUT2D eigenvalue weighted by atomic mass is 9.85. The van der Waals surface area contributed by atoms with E-state index in [0.29, 0.717) is 24.5 Å². The molecule has 1 unspecified atom stereocenters. The summed E-state index contributed by atoms with van der Waals surface area (Å²) in [6.45, 7) is 0.447. The Labute approximate surface area is 241 Å². The molecule has 2 aliphatic rings. The van der Waals surface area contributed by atoms with E-state index in [-0.39, 0.29) is 43.4 Å². The van der Waals surface area contributed by atoms with Gasteiger partial charge in [0.25, 0.3) is 0 Å². The molecular formula is C26H40N3O10S2-. The molecule has 0 bridgehead atoms. The van der Waals surface area contributed by atoms with Gasteiger partial charge in [0.1, 0.15) is 27.7 Å². The number of amides is 2. The summed E-state index contributed by atoms with van der Waals surface area (Å²) in [5.74, 6) is -1.03. The maximum Gasteiger partial charge on any atom is 0.238 e. The molecule has 41 heavy (non-hydrogen) atoms. The molecule has 1 aliphatic carbocycles. The van der Waals surface area contributed by atoms with E-state index in [0.717, 1.165) is 32.1 Å². The van der Waals surface area contributed by atoms with Gasteiger partial charge in [-0.05, 0) is 55.9 Å². The van der Waals surface area contributed by atoms with Crippen LogP contribution in [-0.2, 0) is 29.7 Å². The third kappa shape index (κ3) is 10.7. The van der Waals surface area contributed by atoms with E-state index in [1.54, 1.807) is 24.3 Å². The fraction of sp³-hybridized carbons (Fsp3) is 0.692. The summed E-state index contributed by atoms with van der Waals surface area (Å²) >= 11 is 0. The van der Waals surface area contributed by atoms with Gasteiger partial charge in [0.15, 0.2) is 5.44 Å². The monoisotopic (exact) mass is 618 g/mol. The zero-order valence-corrected chi connectivity index (χ0v) is 24.8. The van der Waals surface area contributed by atoms with Gasteiger partial charge in [-0.3, -0.25) is 9.59 Å². The van der Waals surface area contributed by atoms with Crippen LogP contribution in [0, 0.1) is 11.8 Å². The predicted molar refractivity (Wildman–Crippen MR) is 148 cm³/mol. The summed E-state index contributed by atoms with van der Waals surface area (Å²) in [5.41, 5.74) is -2.50. The summed E-state index contributed by atoms with van der Waals surface area (Å²) in [5, 5.41) is 15.2. The van der Waals surface area contributed by atoms with Crippen LogP contribution in [0.5, 0.6) is 11.5 Å². The first-order valence-electron chi connectivity index (χ1n) is 13.9. The molecule has 0 radical (unpaired) electrons. The minimum absolute atomic E-state index is 0.0628. The number of carbonyl (C=O) groups is 2. The number of ether oxygens (including phenoxy) is 2. The first-order chi connectivity index (χ1) is 19.4. The number of rotatable bonds is 16. The third-order valence-corrected chi connectivity index (χ3v) is 9.88. The van der Waals surface area contributed by atoms with E-state index in [1.165, 1.54) is 7.11 Å². The Bertz CT molecular complexity index is 1220. The predicted octanol–water partition coefficient (Wildman–Crippen LogP) is 0.597. The van der Waals surface area contributed by atoms with Gasteiger partial charge < -0.3 is 29.8 Å². The second kappa shape index (κ2) is 15.1. The van der Waals surface area contributed by atoms with Crippen LogP contribution >= 0.6 is 0 Å². The Morgan fingerprint density at radius 3 is 2.32 bits per heavy atom. The standard InChI is InChI=1S/C26H41N3O10S2/c1-38-20-8-10-21(11-9-20)39-14-5-15-40(33,34)29-22(16-18-6-3-2-4-7-18)25(31)28-23(26(32)41(35,36)37)17-19-12-13-27-24(19)30/h8-11,18-19,22-23,26,29,32H,2-7,12-17H2,1H3,(H,27,30)(H,28,31)(H,35,36,37)/p-1/t19-,22-,23-,26?/m0/s1. The highest BCUT2D eigenvalue weighted by atomic mass is 32.2. The second-order valence-electron chi connectivity index (χ2n) is 10.6. The zero-order chi connectivity index (χ0) is 30.0. The number of benzene rings is 1. The van der Waals surface area contributed by atoms with Gasteiger partial charge in [0.05, 0.1) is 25.5 Å². The molecule has 1 aromatic carbocycles. The summed E-state index contributed by atoms with van der Waals surface area (Å²) in [6.07, 6.45) is 4.92. The summed E-state index contributed by atoms with van der Waals surface area (Å²) in [6, 6.07) is 3.96. The zero-order valence-electron chi connectivity index (χ0n) is 23.1. The lowest BCUT2D eigenvalue weighted by molar-refractivity contribution is -0.126. The number of hydrogen-bond acceptors (Lipinski definition) is 10. The Kier molecular flexibility index (Phi) is 12.2. The molecular weight excluding hydrogens is 578 g/mol. The summed E-state index contributed by atoms with van der Waals surface area (Å²) < 4.78 is 73.9. The van der Waals surface area contributed by atoms with Crippen molar-refractivity contribution in [3.63, 3.8) is 0 Å². The Hall–Kier alpha value is -2.46. The molecule has 3 rings (SSSR count). The molecule has 1 aliphatic heterocycles. The van der Waals surface area contributed by atoms with Crippen LogP contribution in [0.15, 0.2) is 24.3 Å². The Morgan fingerprint density at radius 2 is 1.73 bits per heavy atom. The fourth-order valence-electron chi connectivity index (χ4n) is 5.26. The highest BCUT2D eigenvalue weighted by Gasteiger charge is 2.36. The highest BCUT2D eigenvalue weighted by Crippen LogP contribution is 2.28. The molecule has 13 nitrogen and oxygen atoms in total. The Morgan fingerprint density at radius 1 is 1.07 bits per heavy atom. The molecule has 1 saturated carbocycles. The van der Waals surface area contributed by atoms with Crippen LogP contribution in [-0.4, -0.2) is 81.8 Å². The van der Waals surface area contributed by atoms with E-state index in [9.17, 15) is 36.1 Å². The van der Waals surface area contributed by atoms with Gasteiger partial charge in [-0.2, -0.15) is 0 Å². The maximum atomic E-state index is 13.4. The van der Waals surface area contributed by atoms with Gasteiger partial charge in [0, 0.05) is 12.5 Å². The van der Waals surface area contributed by atoms with Crippen molar-refractivity contribution >= 4 is 32.0 Å². The van der Waals surface area contributed by atoms with Gasteiger partial charge in [0.2, 0.25) is 21.8 Å². The van der Waals surface area contributed by atoms with Crippen molar-refractivity contribution in [3.8, 4) is 11.5 Å². The van der Waals surface area contributed by atoms with E-state index in [1.807, 2.05) is 0 Å². The number of aliphatic hydroxyl groups is 1. The molecule has 2 fully saturated rings. The largest absolute Gasteiger partial charge is 0.746 e. The average Bonchev–Trinajstić information content (AvgIpc) is 3.34. The minimum atomic E-state index is -5.24. The molecule has 2 amide bonds. The number of aliphatic hydroxyl groups excluding tert-OH is 1. The third-order valence-electron chi connectivity index (χ3n) is 7.49. The van der Waals surface area contributed by atoms with Gasteiger partial charge in [-0.25, -0.2) is 21.6 Å². The normalized spacial score (nSPS) is 20.6. The van der Waals surface area contributed by atoms with E-state index in [4.69, 9.17) is 9.47 Å². The number of sulfonamides is 1. The van der Waals surface area contributed by atoms with Gasteiger partial charge in [-0.15, -0.1) is 0 Å². The van der Waals surface area contributed by atoms with Crippen LogP contribution in [0.4, 0.5) is 0 Å². The topological polar surface area (TPSA) is 200 Å². The van der Waals surface area contributed by atoms with Crippen molar-refractivity contribution in [2.24, 2.45) is 11.8 Å². The van der Waals surface area contributed by atoms with Crippen molar-refractivity contribution in [1.29, 1.82) is 0 Å². The average molecular weight is 619 g/mol. The quantitative estimate of drug-likeness (QED) is 0.150. The first-order valence-corrected chi connectivity index (χ1v) is 17.0. The summed E-state index contributed by atoms with van der Waals surface area (Å²) in [7, 11) is -7.67. The lowest BCUT2D eigenvalue weighted by Crippen LogP contribution is -2.55. The molecule has 1 heterocycles. The summed E-state index contributed by atoms with van der Waals surface area (Å²) in [4.78, 5) is 25.4. The number of nitrogens with one attached hydrogen (secondary N) is 3. The molecule has 4 N–H and O–H groups in total. The molecule has 1 aromatic rings. The van der Waals surface area contributed by atoms with E-state index in [2.05, 4.69) is 15.4 Å². The molecule has 0 aromatic heterocycles. The minimum Gasteiger partial charge on any atom is -0.746 e. The lowest BCUT2D eigenvalue weighted by Gasteiger charge is -2.31. The molecule has 1 saturated heterocycles. The highest BCUT2D eigenvalue weighted by molar-refractivity contribution is 7.89.